The number of fused-ring (bicyclic) bond motifs is 3. The van der Waals surface area contributed by atoms with Crippen LogP contribution in [-0.4, -0.2) is 19.7 Å². The fourth-order valence-corrected chi connectivity index (χ4v) is 5.10. The minimum absolute atomic E-state index is 0.0513. The van der Waals surface area contributed by atoms with Crippen molar-refractivity contribution in [1.29, 1.82) is 0 Å². The summed E-state index contributed by atoms with van der Waals surface area (Å²) < 4.78 is 6.96. The van der Waals surface area contributed by atoms with E-state index in [9.17, 15) is 4.79 Å². The second kappa shape index (κ2) is 5.95. The van der Waals surface area contributed by atoms with Gasteiger partial charge in [-0.2, -0.15) is 4.98 Å². The van der Waals surface area contributed by atoms with E-state index in [0.29, 0.717) is 22.6 Å². The lowest BCUT2D eigenvalue weighted by atomic mass is 9.97. The molecule has 0 saturated carbocycles. The molecule has 3 aromatic heterocycles. The Kier molecular flexibility index (Phi) is 3.99. The van der Waals surface area contributed by atoms with E-state index in [2.05, 4.69) is 10.1 Å². The summed E-state index contributed by atoms with van der Waals surface area (Å²) in [7, 11) is 1.78. The molecule has 3 heterocycles. The Morgan fingerprint density at radius 2 is 2.08 bits per heavy atom. The molecule has 1 aliphatic carbocycles. The van der Waals surface area contributed by atoms with Gasteiger partial charge < -0.3 is 4.52 Å². The molecule has 0 aromatic carbocycles. The molecule has 0 unspecified atom stereocenters. The number of nitrogens with zero attached hydrogens (tertiary/aromatic N) is 4. The highest BCUT2D eigenvalue weighted by molar-refractivity contribution is 7.98. The standard InChI is InChI=1S/C17H20N4O2S2/c1-17(2,3)15-18-11(20-23-15)8-24-16-19-13-12(14(22)21(16)4)9-6-5-7-10(9)25-13/h5-8H2,1-4H3. The Hall–Kier alpha value is -1.67. The van der Waals surface area contributed by atoms with Gasteiger partial charge in [-0.1, -0.05) is 37.7 Å². The van der Waals surface area contributed by atoms with Crippen molar-refractivity contribution < 1.29 is 4.52 Å². The molecule has 0 bridgehead atoms. The van der Waals surface area contributed by atoms with Crippen LogP contribution in [0.25, 0.3) is 10.2 Å². The molecule has 0 aliphatic heterocycles. The number of thioether (sulfide) groups is 1. The first kappa shape index (κ1) is 16.8. The highest BCUT2D eigenvalue weighted by Gasteiger charge is 2.24. The number of thiophene rings is 1. The molecular formula is C17H20N4O2S2. The van der Waals surface area contributed by atoms with Crippen molar-refractivity contribution in [2.24, 2.45) is 7.05 Å². The van der Waals surface area contributed by atoms with Gasteiger partial charge >= 0.3 is 0 Å². The topological polar surface area (TPSA) is 73.8 Å². The van der Waals surface area contributed by atoms with Gasteiger partial charge in [0, 0.05) is 17.3 Å². The Morgan fingerprint density at radius 1 is 1.28 bits per heavy atom. The Bertz CT molecular complexity index is 1010. The number of hydrogen-bond donors (Lipinski definition) is 0. The van der Waals surface area contributed by atoms with Crippen LogP contribution in [-0.2, 0) is 31.1 Å². The predicted octanol–water partition coefficient (Wildman–Crippen LogP) is 3.46. The molecule has 0 amide bonds. The molecular weight excluding hydrogens is 356 g/mol. The van der Waals surface area contributed by atoms with E-state index in [-0.39, 0.29) is 11.0 Å². The lowest BCUT2D eigenvalue weighted by Gasteiger charge is -2.10. The first-order valence-corrected chi connectivity index (χ1v) is 10.1. The summed E-state index contributed by atoms with van der Waals surface area (Å²) in [4.78, 5) is 24.1. The molecule has 0 radical (unpaired) electrons. The number of aryl methyl sites for hydroxylation is 2. The summed E-state index contributed by atoms with van der Waals surface area (Å²) in [6.45, 7) is 6.10. The SMILES string of the molecule is Cn1c(SCc2noc(C(C)(C)C)n2)nc2sc3c(c2c1=O)CCC3. The van der Waals surface area contributed by atoms with Gasteiger partial charge in [0.15, 0.2) is 11.0 Å². The van der Waals surface area contributed by atoms with Crippen LogP contribution in [0.15, 0.2) is 14.5 Å². The lowest BCUT2D eigenvalue weighted by molar-refractivity contribution is 0.319. The van der Waals surface area contributed by atoms with Crippen LogP contribution in [0.5, 0.6) is 0 Å². The highest BCUT2D eigenvalue weighted by Crippen LogP contribution is 2.35. The molecule has 4 rings (SSSR count). The first-order valence-electron chi connectivity index (χ1n) is 8.31. The lowest BCUT2D eigenvalue weighted by Crippen LogP contribution is -2.20. The summed E-state index contributed by atoms with van der Waals surface area (Å²) in [6, 6.07) is 0. The molecule has 132 valence electrons. The Morgan fingerprint density at radius 3 is 2.80 bits per heavy atom. The quantitative estimate of drug-likeness (QED) is 0.515. The maximum Gasteiger partial charge on any atom is 0.262 e. The molecule has 6 nitrogen and oxygen atoms in total. The summed E-state index contributed by atoms with van der Waals surface area (Å²) in [6.07, 6.45) is 3.21. The Balaban J connectivity index is 1.63. The Labute approximate surface area is 153 Å². The maximum atomic E-state index is 12.8. The largest absolute Gasteiger partial charge is 0.339 e. The third-order valence-electron chi connectivity index (χ3n) is 4.35. The van der Waals surface area contributed by atoms with Crippen LogP contribution < -0.4 is 5.56 Å². The van der Waals surface area contributed by atoms with E-state index in [1.165, 1.54) is 22.2 Å². The number of aromatic nitrogens is 4. The van der Waals surface area contributed by atoms with Gasteiger partial charge in [-0.25, -0.2) is 4.98 Å². The predicted molar refractivity (Wildman–Crippen MR) is 99.4 cm³/mol. The third-order valence-corrected chi connectivity index (χ3v) is 6.56. The monoisotopic (exact) mass is 376 g/mol. The molecule has 8 heteroatoms. The molecule has 0 fully saturated rings. The van der Waals surface area contributed by atoms with E-state index < -0.39 is 0 Å². The summed E-state index contributed by atoms with van der Waals surface area (Å²) in [5.41, 5.74) is 1.10. The second-order valence-electron chi connectivity index (χ2n) is 7.35. The zero-order chi connectivity index (χ0) is 17.8. The van der Waals surface area contributed by atoms with E-state index >= 15 is 0 Å². The zero-order valence-corrected chi connectivity index (χ0v) is 16.4. The first-order chi connectivity index (χ1) is 11.8. The zero-order valence-electron chi connectivity index (χ0n) is 14.8. The van der Waals surface area contributed by atoms with Crippen molar-refractivity contribution in [2.45, 2.75) is 56.4 Å². The minimum Gasteiger partial charge on any atom is -0.339 e. The van der Waals surface area contributed by atoms with Crippen LogP contribution in [0, 0.1) is 0 Å². The van der Waals surface area contributed by atoms with Crippen molar-refractivity contribution >= 4 is 33.3 Å². The molecule has 0 saturated heterocycles. The van der Waals surface area contributed by atoms with Gasteiger partial charge in [0.1, 0.15) is 4.83 Å². The fourth-order valence-electron chi connectivity index (χ4n) is 2.98. The molecule has 0 atom stereocenters. The highest BCUT2D eigenvalue weighted by atomic mass is 32.2. The third kappa shape index (κ3) is 2.91. The molecule has 1 aliphatic rings. The van der Waals surface area contributed by atoms with E-state index in [1.54, 1.807) is 23.0 Å². The normalized spacial score (nSPS) is 14.4. The van der Waals surface area contributed by atoms with E-state index in [0.717, 1.165) is 29.5 Å². The van der Waals surface area contributed by atoms with Gasteiger partial charge in [-0.3, -0.25) is 9.36 Å². The summed E-state index contributed by atoms with van der Waals surface area (Å²) in [5.74, 6) is 1.77. The average molecular weight is 377 g/mol. The minimum atomic E-state index is -0.169. The smallest absolute Gasteiger partial charge is 0.262 e. The van der Waals surface area contributed by atoms with Crippen LogP contribution in [0.1, 0.15) is 49.3 Å². The van der Waals surface area contributed by atoms with Crippen molar-refractivity contribution in [1.82, 2.24) is 19.7 Å². The summed E-state index contributed by atoms with van der Waals surface area (Å²) in [5, 5.41) is 5.55. The van der Waals surface area contributed by atoms with Gasteiger partial charge in [-0.05, 0) is 24.8 Å². The average Bonchev–Trinajstić information content (AvgIpc) is 3.23. The van der Waals surface area contributed by atoms with Crippen LogP contribution in [0.3, 0.4) is 0 Å². The molecule has 0 N–H and O–H groups in total. The maximum absolute atomic E-state index is 12.8. The van der Waals surface area contributed by atoms with Crippen molar-refractivity contribution in [2.75, 3.05) is 0 Å². The molecule has 0 spiro atoms. The number of hydrogen-bond acceptors (Lipinski definition) is 7. The molecule has 25 heavy (non-hydrogen) atoms. The van der Waals surface area contributed by atoms with Crippen LogP contribution in [0.4, 0.5) is 0 Å². The van der Waals surface area contributed by atoms with Gasteiger partial charge in [0.05, 0.1) is 11.1 Å². The van der Waals surface area contributed by atoms with Crippen LogP contribution >= 0.6 is 23.1 Å². The second-order valence-corrected chi connectivity index (χ2v) is 9.38. The van der Waals surface area contributed by atoms with Crippen molar-refractivity contribution in [3.63, 3.8) is 0 Å². The van der Waals surface area contributed by atoms with Gasteiger partial charge in [-0.15, -0.1) is 11.3 Å². The van der Waals surface area contributed by atoms with Crippen molar-refractivity contribution in [3.8, 4) is 0 Å². The van der Waals surface area contributed by atoms with Gasteiger partial charge in [0.2, 0.25) is 5.89 Å². The molecule has 3 aromatic rings. The van der Waals surface area contributed by atoms with Crippen molar-refractivity contribution in [3.05, 3.63) is 32.5 Å². The van der Waals surface area contributed by atoms with E-state index in [1.807, 2.05) is 20.8 Å². The van der Waals surface area contributed by atoms with Gasteiger partial charge in [0.25, 0.3) is 5.56 Å². The van der Waals surface area contributed by atoms with Crippen LogP contribution in [0.2, 0.25) is 0 Å². The number of rotatable bonds is 3. The van der Waals surface area contributed by atoms with E-state index in [4.69, 9.17) is 9.51 Å². The summed E-state index contributed by atoms with van der Waals surface area (Å²) >= 11 is 3.13. The fraction of sp³-hybridized carbons (Fsp3) is 0.529.